The van der Waals surface area contributed by atoms with E-state index in [1.807, 2.05) is 0 Å². The van der Waals surface area contributed by atoms with Gasteiger partial charge in [-0.25, -0.2) is 0 Å². The molecule has 0 spiro atoms. The summed E-state index contributed by atoms with van der Waals surface area (Å²) in [6.45, 7) is 1.67. The van der Waals surface area contributed by atoms with Crippen LogP contribution in [0.4, 0.5) is 11.4 Å². The Morgan fingerprint density at radius 1 is 1.33 bits per heavy atom. The molecule has 1 amide bonds. The van der Waals surface area contributed by atoms with Gasteiger partial charge in [-0.2, -0.15) is 0 Å². The zero-order valence-corrected chi connectivity index (χ0v) is 13.4. The van der Waals surface area contributed by atoms with Crippen LogP contribution in [0.2, 0.25) is 5.02 Å². The van der Waals surface area contributed by atoms with Gasteiger partial charge in [0.15, 0.2) is 0 Å². The lowest BCUT2D eigenvalue weighted by Gasteiger charge is -2.09. The van der Waals surface area contributed by atoms with Crippen LogP contribution in [0.5, 0.6) is 0 Å². The Morgan fingerprint density at radius 2 is 2.08 bits per heavy atom. The van der Waals surface area contributed by atoms with Crippen LogP contribution in [-0.4, -0.2) is 17.0 Å². The number of carbonyl (C=O) groups excluding carboxylic acids is 1. The van der Waals surface area contributed by atoms with Crippen LogP contribution >= 0.6 is 11.6 Å². The van der Waals surface area contributed by atoms with Crippen LogP contribution in [0.3, 0.4) is 0 Å². The summed E-state index contributed by atoms with van der Waals surface area (Å²) in [5.41, 5.74) is 0.999. The monoisotopic (exact) mass is 347 g/mol. The molecule has 0 fully saturated rings. The Balaban J connectivity index is 1.93. The van der Waals surface area contributed by atoms with E-state index in [0.29, 0.717) is 16.3 Å². The van der Waals surface area contributed by atoms with E-state index in [4.69, 9.17) is 16.4 Å². The van der Waals surface area contributed by atoms with Crippen LogP contribution in [0.1, 0.15) is 18.6 Å². The minimum absolute atomic E-state index is 0.0385. The number of nitrogens with zero attached hydrogens (tertiary/aromatic N) is 2. The minimum atomic E-state index is -0.547. The maximum absolute atomic E-state index is 11.7. The molecule has 24 heavy (non-hydrogen) atoms. The van der Waals surface area contributed by atoms with E-state index in [0.717, 1.165) is 6.21 Å². The molecule has 0 aliphatic heterocycles. The molecule has 2 aromatic rings. The zero-order valence-electron chi connectivity index (χ0n) is 12.7. The molecule has 8 heteroatoms. The van der Waals surface area contributed by atoms with Gasteiger partial charge in [0.05, 0.1) is 15.6 Å². The van der Waals surface area contributed by atoms with Gasteiger partial charge in [0.25, 0.3) is 11.6 Å². The quantitative estimate of drug-likeness (QED) is 0.486. The third kappa shape index (κ3) is 4.79. The first kappa shape index (κ1) is 17.4. The summed E-state index contributed by atoms with van der Waals surface area (Å²) in [7, 11) is 0. The van der Waals surface area contributed by atoms with Crippen LogP contribution in [0, 0.1) is 10.1 Å². The maximum Gasteiger partial charge on any atom is 0.270 e. The summed E-state index contributed by atoms with van der Waals surface area (Å²) in [6.07, 6.45) is 0.422. The van der Waals surface area contributed by atoms with Gasteiger partial charge in [0.2, 0.25) is 0 Å². The zero-order chi connectivity index (χ0) is 17.5. The van der Waals surface area contributed by atoms with E-state index >= 15 is 0 Å². The summed E-state index contributed by atoms with van der Waals surface area (Å²) in [6, 6.07) is 12.8. The van der Waals surface area contributed by atoms with Crippen LogP contribution in [0.25, 0.3) is 0 Å². The first-order valence-corrected chi connectivity index (χ1v) is 7.34. The molecule has 124 valence electrons. The first-order chi connectivity index (χ1) is 11.5. The predicted octanol–water partition coefficient (Wildman–Crippen LogP) is 3.95. The lowest BCUT2D eigenvalue weighted by molar-refractivity contribution is -0.385. The van der Waals surface area contributed by atoms with Gasteiger partial charge in [0.1, 0.15) is 12.3 Å². The number of benzene rings is 2. The molecule has 1 N–H and O–H groups in total. The number of carbonyl (C=O) groups is 1. The molecule has 1 atom stereocenters. The van der Waals surface area contributed by atoms with Crippen LogP contribution in [-0.2, 0) is 9.63 Å². The molecule has 0 aliphatic rings. The van der Waals surface area contributed by atoms with Crippen molar-refractivity contribution in [2.75, 3.05) is 5.32 Å². The number of non-ortho nitro benzene ring substituents is 1. The second-order valence-electron chi connectivity index (χ2n) is 4.80. The Labute approximate surface area is 143 Å². The number of para-hydroxylation sites is 1. The highest BCUT2D eigenvalue weighted by molar-refractivity contribution is 6.36. The van der Waals surface area contributed by atoms with Gasteiger partial charge in [-0.3, -0.25) is 14.9 Å². The van der Waals surface area contributed by atoms with Gasteiger partial charge in [-0.05, 0) is 19.1 Å². The molecule has 0 bridgehead atoms. The molecule has 2 rings (SSSR count). The normalized spacial score (nSPS) is 11.9. The summed E-state index contributed by atoms with van der Waals surface area (Å²) >= 11 is 5.93. The SMILES string of the molecule is CC(O/N=C/C(=O)Nc1ccccc1Cl)c1cccc([N+](=O)[O-])c1. The van der Waals surface area contributed by atoms with E-state index in [-0.39, 0.29) is 5.69 Å². The molecule has 1 unspecified atom stereocenters. The molecule has 0 saturated heterocycles. The number of hydrogen-bond acceptors (Lipinski definition) is 5. The predicted molar refractivity (Wildman–Crippen MR) is 91.2 cm³/mol. The summed E-state index contributed by atoms with van der Waals surface area (Å²) < 4.78 is 0. The van der Waals surface area contributed by atoms with E-state index in [2.05, 4.69) is 10.5 Å². The second-order valence-corrected chi connectivity index (χ2v) is 5.21. The number of rotatable bonds is 6. The summed E-state index contributed by atoms with van der Waals surface area (Å²) in [5.74, 6) is -0.505. The van der Waals surface area contributed by atoms with Gasteiger partial charge in [-0.1, -0.05) is 41.0 Å². The molecule has 0 aliphatic carbocycles. The number of halogens is 1. The van der Waals surface area contributed by atoms with E-state index in [9.17, 15) is 14.9 Å². The molecule has 0 aromatic heterocycles. The number of amides is 1. The van der Waals surface area contributed by atoms with Crippen LogP contribution < -0.4 is 5.32 Å². The highest BCUT2D eigenvalue weighted by atomic mass is 35.5. The Morgan fingerprint density at radius 3 is 2.79 bits per heavy atom. The molecular weight excluding hydrogens is 334 g/mol. The molecule has 7 nitrogen and oxygen atoms in total. The first-order valence-electron chi connectivity index (χ1n) is 6.96. The summed E-state index contributed by atoms with van der Waals surface area (Å²) in [4.78, 5) is 27.2. The van der Waals surface area contributed by atoms with Crippen molar-refractivity contribution in [2.45, 2.75) is 13.0 Å². The lowest BCUT2D eigenvalue weighted by atomic mass is 10.1. The largest absolute Gasteiger partial charge is 0.388 e. The third-order valence-corrected chi connectivity index (χ3v) is 3.40. The molecule has 0 saturated carbocycles. The number of hydrogen-bond donors (Lipinski definition) is 1. The standard InChI is InChI=1S/C16H14ClN3O4/c1-11(12-5-4-6-13(9-12)20(22)23)24-18-10-16(21)19-15-8-3-2-7-14(15)17/h2-11H,1H3,(H,19,21)/b18-10+. The van der Waals surface area contributed by atoms with E-state index in [1.165, 1.54) is 12.1 Å². The Kier molecular flexibility index (Phi) is 5.86. The fourth-order valence-electron chi connectivity index (χ4n) is 1.85. The van der Waals surface area contributed by atoms with Crippen LogP contribution in [0.15, 0.2) is 53.7 Å². The van der Waals surface area contributed by atoms with Crippen molar-refractivity contribution in [1.29, 1.82) is 0 Å². The number of oxime groups is 1. The highest BCUT2D eigenvalue weighted by Crippen LogP contribution is 2.22. The minimum Gasteiger partial charge on any atom is -0.388 e. The van der Waals surface area contributed by atoms with Gasteiger partial charge >= 0.3 is 0 Å². The maximum atomic E-state index is 11.7. The van der Waals surface area contributed by atoms with E-state index in [1.54, 1.807) is 43.3 Å². The van der Waals surface area contributed by atoms with Crippen molar-refractivity contribution in [3.63, 3.8) is 0 Å². The van der Waals surface area contributed by atoms with Crippen molar-refractivity contribution in [2.24, 2.45) is 5.16 Å². The highest BCUT2D eigenvalue weighted by Gasteiger charge is 2.11. The topological polar surface area (TPSA) is 93.8 Å². The van der Waals surface area contributed by atoms with Gasteiger partial charge in [-0.15, -0.1) is 0 Å². The molecule has 2 aromatic carbocycles. The summed E-state index contributed by atoms with van der Waals surface area (Å²) in [5, 5.41) is 17.3. The van der Waals surface area contributed by atoms with Crippen molar-refractivity contribution >= 4 is 35.1 Å². The molecular formula is C16H14ClN3O4. The average Bonchev–Trinajstić information content (AvgIpc) is 2.57. The third-order valence-electron chi connectivity index (χ3n) is 3.07. The number of anilines is 1. The fourth-order valence-corrected chi connectivity index (χ4v) is 2.03. The number of nitro groups is 1. The number of nitro benzene ring substituents is 1. The van der Waals surface area contributed by atoms with Crippen molar-refractivity contribution < 1.29 is 14.6 Å². The van der Waals surface area contributed by atoms with Gasteiger partial charge in [0, 0.05) is 17.7 Å². The second kappa shape index (κ2) is 8.07. The van der Waals surface area contributed by atoms with Crippen molar-refractivity contribution in [3.05, 3.63) is 69.2 Å². The Bertz CT molecular complexity index is 779. The average molecular weight is 348 g/mol. The molecule has 0 radical (unpaired) electrons. The van der Waals surface area contributed by atoms with Crippen molar-refractivity contribution in [1.82, 2.24) is 0 Å². The molecule has 0 heterocycles. The van der Waals surface area contributed by atoms with Gasteiger partial charge < -0.3 is 10.2 Å². The Hall–Kier alpha value is -2.93. The lowest BCUT2D eigenvalue weighted by Crippen LogP contribution is -2.13. The van der Waals surface area contributed by atoms with E-state index < -0.39 is 16.9 Å². The fraction of sp³-hybridized carbons (Fsp3) is 0.125. The van der Waals surface area contributed by atoms with Crippen molar-refractivity contribution in [3.8, 4) is 0 Å². The number of nitrogens with one attached hydrogen (secondary N) is 1. The smallest absolute Gasteiger partial charge is 0.270 e.